The average Bonchev–Trinajstić information content (AvgIpc) is 2.50. The lowest BCUT2D eigenvalue weighted by molar-refractivity contribution is 0.142. The standard InChI is InChI=1S/C12H26N2O/c1-9(2)5-14(10(3)4)6-11-7-15-8-12(11)13/h9-12H,5-8,13H2,1-4H3. The van der Waals surface area contributed by atoms with Crippen LogP contribution in [0, 0.1) is 11.8 Å². The number of hydrogen-bond donors (Lipinski definition) is 1. The van der Waals surface area contributed by atoms with Crippen LogP contribution >= 0.6 is 0 Å². The van der Waals surface area contributed by atoms with Crippen molar-refractivity contribution in [2.75, 3.05) is 26.3 Å². The monoisotopic (exact) mass is 214 g/mol. The first-order chi connectivity index (χ1) is 7.00. The van der Waals surface area contributed by atoms with Gasteiger partial charge in [0.2, 0.25) is 0 Å². The SMILES string of the molecule is CC(C)CN(CC1COCC1N)C(C)C. The zero-order valence-corrected chi connectivity index (χ0v) is 10.6. The topological polar surface area (TPSA) is 38.5 Å². The third-order valence-electron chi connectivity index (χ3n) is 3.05. The Morgan fingerprint density at radius 3 is 2.33 bits per heavy atom. The summed E-state index contributed by atoms with van der Waals surface area (Å²) in [5.41, 5.74) is 6.01. The van der Waals surface area contributed by atoms with E-state index in [0.717, 1.165) is 26.3 Å². The molecule has 3 heteroatoms. The van der Waals surface area contributed by atoms with E-state index in [1.54, 1.807) is 0 Å². The fraction of sp³-hybridized carbons (Fsp3) is 1.00. The molecule has 1 aliphatic heterocycles. The normalized spacial score (nSPS) is 27.2. The zero-order chi connectivity index (χ0) is 11.4. The molecule has 2 atom stereocenters. The van der Waals surface area contributed by atoms with E-state index in [4.69, 9.17) is 10.5 Å². The molecule has 1 fully saturated rings. The molecule has 0 aromatic rings. The van der Waals surface area contributed by atoms with Crippen molar-refractivity contribution in [2.45, 2.75) is 39.8 Å². The molecule has 0 radical (unpaired) electrons. The quantitative estimate of drug-likeness (QED) is 0.750. The number of nitrogens with zero attached hydrogens (tertiary/aromatic N) is 1. The molecular formula is C12H26N2O. The van der Waals surface area contributed by atoms with Crippen LogP contribution in [-0.2, 0) is 4.74 Å². The fourth-order valence-electron chi connectivity index (χ4n) is 2.07. The molecule has 1 heterocycles. The lowest BCUT2D eigenvalue weighted by Crippen LogP contribution is -2.43. The van der Waals surface area contributed by atoms with Crippen LogP contribution < -0.4 is 5.73 Å². The number of ether oxygens (including phenoxy) is 1. The maximum absolute atomic E-state index is 6.01. The summed E-state index contributed by atoms with van der Waals surface area (Å²) >= 11 is 0. The minimum Gasteiger partial charge on any atom is -0.379 e. The summed E-state index contributed by atoms with van der Waals surface area (Å²) in [6, 6.07) is 0.832. The number of hydrogen-bond acceptors (Lipinski definition) is 3. The van der Waals surface area contributed by atoms with Crippen molar-refractivity contribution in [3.8, 4) is 0 Å². The van der Waals surface area contributed by atoms with Crippen molar-refractivity contribution in [2.24, 2.45) is 17.6 Å². The summed E-state index contributed by atoms with van der Waals surface area (Å²) in [5.74, 6) is 1.23. The molecule has 0 amide bonds. The van der Waals surface area contributed by atoms with Crippen LogP contribution in [0.2, 0.25) is 0 Å². The Hall–Kier alpha value is -0.120. The second kappa shape index (κ2) is 5.83. The Balaban J connectivity index is 2.43. The van der Waals surface area contributed by atoms with E-state index >= 15 is 0 Å². The molecule has 1 aliphatic rings. The van der Waals surface area contributed by atoms with E-state index in [2.05, 4.69) is 32.6 Å². The van der Waals surface area contributed by atoms with Crippen LogP contribution in [-0.4, -0.2) is 43.3 Å². The van der Waals surface area contributed by atoms with E-state index < -0.39 is 0 Å². The molecule has 15 heavy (non-hydrogen) atoms. The van der Waals surface area contributed by atoms with Gasteiger partial charge in [0.05, 0.1) is 13.2 Å². The van der Waals surface area contributed by atoms with Gasteiger partial charge in [-0.3, -0.25) is 0 Å². The number of nitrogens with two attached hydrogens (primary N) is 1. The van der Waals surface area contributed by atoms with Gasteiger partial charge >= 0.3 is 0 Å². The van der Waals surface area contributed by atoms with Gasteiger partial charge in [0, 0.05) is 31.1 Å². The summed E-state index contributed by atoms with van der Waals surface area (Å²) < 4.78 is 5.40. The molecule has 3 nitrogen and oxygen atoms in total. The first-order valence-corrected chi connectivity index (χ1v) is 6.08. The Kier molecular flexibility index (Phi) is 5.03. The minimum absolute atomic E-state index is 0.235. The van der Waals surface area contributed by atoms with Crippen LogP contribution in [0.1, 0.15) is 27.7 Å². The van der Waals surface area contributed by atoms with Gasteiger partial charge in [-0.2, -0.15) is 0 Å². The maximum atomic E-state index is 6.01. The Morgan fingerprint density at radius 2 is 1.93 bits per heavy atom. The van der Waals surface area contributed by atoms with Crippen LogP contribution in [0.5, 0.6) is 0 Å². The lowest BCUT2D eigenvalue weighted by atomic mass is 10.0. The van der Waals surface area contributed by atoms with E-state index in [1.165, 1.54) is 0 Å². The molecule has 1 saturated heterocycles. The molecule has 90 valence electrons. The Bertz CT molecular complexity index is 182. The summed E-state index contributed by atoms with van der Waals surface area (Å²) in [6.45, 7) is 12.8. The molecular weight excluding hydrogens is 188 g/mol. The largest absolute Gasteiger partial charge is 0.379 e. The molecule has 1 rings (SSSR count). The van der Waals surface area contributed by atoms with Crippen LogP contribution in [0.25, 0.3) is 0 Å². The van der Waals surface area contributed by atoms with Crippen LogP contribution in [0.4, 0.5) is 0 Å². The van der Waals surface area contributed by atoms with Crippen molar-refractivity contribution in [3.05, 3.63) is 0 Å². The molecule has 0 spiro atoms. The second-order valence-corrected chi connectivity index (χ2v) is 5.40. The highest BCUT2D eigenvalue weighted by molar-refractivity contribution is 4.82. The minimum atomic E-state index is 0.235. The highest BCUT2D eigenvalue weighted by atomic mass is 16.5. The Morgan fingerprint density at radius 1 is 1.27 bits per heavy atom. The van der Waals surface area contributed by atoms with Crippen molar-refractivity contribution in [1.82, 2.24) is 4.90 Å². The van der Waals surface area contributed by atoms with E-state index in [-0.39, 0.29) is 6.04 Å². The molecule has 0 saturated carbocycles. The van der Waals surface area contributed by atoms with Crippen molar-refractivity contribution >= 4 is 0 Å². The van der Waals surface area contributed by atoms with Gasteiger partial charge in [0.25, 0.3) is 0 Å². The maximum Gasteiger partial charge on any atom is 0.0621 e. The zero-order valence-electron chi connectivity index (χ0n) is 10.6. The van der Waals surface area contributed by atoms with E-state index in [0.29, 0.717) is 17.9 Å². The second-order valence-electron chi connectivity index (χ2n) is 5.40. The van der Waals surface area contributed by atoms with Crippen LogP contribution in [0.3, 0.4) is 0 Å². The Labute approximate surface area is 94.0 Å². The summed E-state index contributed by atoms with van der Waals surface area (Å²) in [7, 11) is 0. The predicted octanol–water partition coefficient (Wildman–Crippen LogP) is 1.33. The fourth-order valence-corrected chi connectivity index (χ4v) is 2.07. The van der Waals surface area contributed by atoms with Crippen molar-refractivity contribution in [1.29, 1.82) is 0 Å². The average molecular weight is 214 g/mol. The molecule has 0 bridgehead atoms. The summed E-state index contributed by atoms with van der Waals surface area (Å²) in [4.78, 5) is 2.52. The van der Waals surface area contributed by atoms with Gasteiger partial charge in [-0.15, -0.1) is 0 Å². The molecule has 2 N–H and O–H groups in total. The summed E-state index contributed by atoms with van der Waals surface area (Å²) in [5, 5.41) is 0. The molecule has 0 aromatic carbocycles. The third kappa shape index (κ3) is 4.09. The van der Waals surface area contributed by atoms with Gasteiger partial charge in [-0.05, 0) is 19.8 Å². The van der Waals surface area contributed by atoms with Crippen molar-refractivity contribution < 1.29 is 4.74 Å². The molecule has 0 aromatic heterocycles. The van der Waals surface area contributed by atoms with Gasteiger partial charge in [0.15, 0.2) is 0 Å². The smallest absolute Gasteiger partial charge is 0.0621 e. The first-order valence-electron chi connectivity index (χ1n) is 6.08. The molecule has 2 unspecified atom stereocenters. The van der Waals surface area contributed by atoms with Crippen LogP contribution in [0.15, 0.2) is 0 Å². The van der Waals surface area contributed by atoms with E-state index in [1.807, 2.05) is 0 Å². The highest BCUT2D eigenvalue weighted by Gasteiger charge is 2.27. The predicted molar refractivity (Wildman–Crippen MR) is 63.8 cm³/mol. The molecule has 0 aliphatic carbocycles. The number of rotatable bonds is 5. The highest BCUT2D eigenvalue weighted by Crippen LogP contribution is 2.15. The first kappa shape index (κ1) is 12.9. The van der Waals surface area contributed by atoms with E-state index in [9.17, 15) is 0 Å². The third-order valence-corrected chi connectivity index (χ3v) is 3.05. The van der Waals surface area contributed by atoms with Gasteiger partial charge < -0.3 is 15.4 Å². The summed E-state index contributed by atoms with van der Waals surface area (Å²) in [6.07, 6.45) is 0. The van der Waals surface area contributed by atoms with Gasteiger partial charge in [-0.1, -0.05) is 13.8 Å². The van der Waals surface area contributed by atoms with Gasteiger partial charge in [-0.25, -0.2) is 0 Å². The lowest BCUT2D eigenvalue weighted by Gasteiger charge is -2.31. The van der Waals surface area contributed by atoms with Crippen molar-refractivity contribution in [3.63, 3.8) is 0 Å². The van der Waals surface area contributed by atoms with Gasteiger partial charge in [0.1, 0.15) is 0 Å².